The average molecular weight is 534 g/mol. The van der Waals surface area contributed by atoms with E-state index in [4.69, 9.17) is 11.6 Å². The van der Waals surface area contributed by atoms with E-state index >= 15 is 0 Å². The monoisotopic (exact) mass is 533 g/mol. The molecule has 0 radical (unpaired) electrons. The number of amides is 2. The third-order valence-corrected chi connectivity index (χ3v) is 8.05. The number of rotatable bonds is 10. The van der Waals surface area contributed by atoms with E-state index in [1.165, 1.54) is 4.90 Å². The summed E-state index contributed by atoms with van der Waals surface area (Å²) >= 11 is 6.02. The Labute approximate surface area is 219 Å². The topological polar surface area (TPSA) is 86.8 Å². The molecule has 0 spiro atoms. The highest BCUT2D eigenvalue weighted by molar-refractivity contribution is 7.92. The second-order valence-electron chi connectivity index (χ2n) is 9.83. The molecule has 1 saturated carbocycles. The van der Waals surface area contributed by atoms with Crippen LogP contribution in [0.15, 0.2) is 48.5 Å². The maximum absolute atomic E-state index is 13.6. The van der Waals surface area contributed by atoms with Crippen molar-refractivity contribution in [3.8, 4) is 0 Å². The van der Waals surface area contributed by atoms with Crippen LogP contribution in [-0.4, -0.2) is 50.0 Å². The molecule has 0 aliphatic heterocycles. The SMILES string of the molecule is CC(C)c1ccc(N(CC(=O)N(Cc2ccc(Cl)cc2)[C@@H](C)C(=O)NC2CCCC2)S(C)(=O)=O)cc1. The number of hydrogen-bond donors (Lipinski definition) is 1. The smallest absolute Gasteiger partial charge is 0.244 e. The van der Waals surface area contributed by atoms with E-state index in [9.17, 15) is 18.0 Å². The molecule has 2 amide bonds. The number of hydrogen-bond acceptors (Lipinski definition) is 4. The number of carbonyl (C=O) groups is 2. The quantitative estimate of drug-likeness (QED) is 0.479. The van der Waals surface area contributed by atoms with E-state index in [1.807, 2.05) is 12.1 Å². The van der Waals surface area contributed by atoms with Crippen molar-refractivity contribution in [3.05, 3.63) is 64.7 Å². The first-order valence-corrected chi connectivity index (χ1v) is 14.6. The molecule has 0 aromatic heterocycles. The van der Waals surface area contributed by atoms with E-state index in [0.29, 0.717) is 16.6 Å². The van der Waals surface area contributed by atoms with Crippen LogP contribution in [0.5, 0.6) is 0 Å². The summed E-state index contributed by atoms with van der Waals surface area (Å²) in [5, 5.41) is 3.62. The van der Waals surface area contributed by atoms with Gasteiger partial charge >= 0.3 is 0 Å². The molecule has 0 saturated heterocycles. The summed E-state index contributed by atoms with van der Waals surface area (Å²) in [6, 6.07) is 13.5. The van der Waals surface area contributed by atoms with Gasteiger partial charge in [-0.15, -0.1) is 0 Å². The van der Waals surface area contributed by atoms with Crippen molar-refractivity contribution in [2.45, 2.75) is 71.0 Å². The summed E-state index contributed by atoms with van der Waals surface area (Å²) in [5.74, 6) is -0.407. The maximum Gasteiger partial charge on any atom is 0.244 e. The number of nitrogens with zero attached hydrogens (tertiary/aromatic N) is 2. The number of anilines is 1. The molecule has 7 nitrogen and oxygen atoms in total. The minimum atomic E-state index is -3.75. The first kappa shape index (κ1) is 28.0. The van der Waals surface area contributed by atoms with Crippen LogP contribution in [-0.2, 0) is 26.2 Å². The third kappa shape index (κ3) is 7.46. The van der Waals surface area contributed by atoms with Crippen LogP contribution < -0.4 is 9.62 Å². The molecule has 3 rings (SSSR count). The Morgan fingerprint density at radius 3 is 2.11 bits per heavy atom. The van der Waals surface area contributed by atoms with Crippen molar-refractivity contribution in [2.75, 3.05) is 17.1 Å². The molecule has 0 unspecified atom stereocenters. The number of benzene rings is 2. The molecule has 196 valence electrons. The molecule has 1 aliphatic rings. The van der Waals surface area contributed by atoms with Gasteiger partial charge in [-0.05, 0) is 61.1 Å². The molecule has 0 bridgehead atoms. The van der Waals surface area contributed by atoms with Crippen LogP contribution in [0.2, 0.25) is 5.02 Å². The fourth-order valence-electron chi connectivity index (χ4n) is 4.40. The minimum Gasteiger partial charge on any atom is -0.352 e. The van der Waals surface area contributed by atoms with E-state index in [-0.39, 0.29) is 18.5 Å². The van der Waals surface area contributed by atoms with Crippen LogP contribution in [0.25, 0.3) is 0 Å². The van der Waals surface area contributed by atoms with E-state index in [2.05, 4.69) is 19.2 Å². The number of halogens is 1. The zero-order valence-electron chi connectivity index (χ0n) is 21.4. The zero-order valence-corrected chi connectivity index (χ0v) is 23.0. The summed E-state index contributed by atoms with van der Waals surface area (Å²) in [5.41, 5.74) is 2.27. The lowest BCUT2D eigenvalue weighted by molar-refractivity contribution is -0.139. The van der Waals surface area contributed by atoms with Crippen LogP contribution >= 0.6 is 11.6 Å². The fourth-order valence-corrected chi connectivity index (χ4v) is 5.38. The molecule has 9 heteroatoms. The lowest BCUT2D eigenvalue weighted by Gasteiger charge is -2.32. The summed E-state index contributed by atoms with van der Waals surface area (Å²) in [6.07, 6.45) is 5.09. The molecule has 2 aromatic carbocycles. The van der Waals surface area contributed by atoms with Gasteiger partial charge < -0.3 is 10.2 Å². The van der Waals surface area contributed by atoms with Crippen molar-refractivity contribution in [1.29, 1.82) is 0 Å². The number of carbonyl (C=O) groups excluding carboxylic acids is 2. The second kappa shape index (κ2) is 12.1. The van der Waals surface area contributed by atoms with Crippen molar-refractivity contribution in [3.63, 3.8) is 0 Å². The van der Waals surface area contributed by atoms with Gasteiger partial charge in [0.1, 0.15) is 12.6 Å². The van der Waals surface area contributed by atoms with Crippen LogP contribution in [0.3, 0.4) is 0 Å². The lowest BCUT2D eigenvalue weighted by atomic mass is 10.0. The van der Waals surface area contributed by atoms with E-state index in [0.717, 1.165) is 47.4 Å². The highest BCUT2D eigenvalue weighted by atomic mass is 35.5. The molecular weight excluding hydrogens is 498 g/mol. The Kier molecular flexibility index (Phi) is 9.41. The van der Waals surface area contributed by atoms with Crippen molar-refractivity contribution in [1.82, 2.24) is 10.2 Å². The first-order chi connectivity index (χ1) is 17.0. The number of nitrogens with one attached hydrogen (secondary N) is 1. The van der Waals surface area contributed by atoms with Crippen LogP contribution in [0.1, 0.15) is 63.5 Å². The molecule has 1 aliphatic carbocycles. The molecule has 1 N–H and O–H groups in total. The Morgan fingerprint density at radius 1 is 1.00 bits per heavy atom. The van der Waals surface area contributed by atoms with Crippen LogP contribution in [0.4, 0.5) is 5.69 Å². The van der Waals surface area contributed by atoms with Gasteiger partial charge in [0.25, 0.3) is 0 Å². The standard InChI is InChI=1S/C27H36ClN3O4S/c1-19(2)22-11-15-25(16-12-22)31(36(4,34)35)18-26(32)30(17-21-9-13-23(28)14-10-21)20(3)27(33)29-24-7-5-6-8-24/h9-16,19-20,24H,5-8,17-18H2,1-4H3,(H,29,33)/t20-/m0/s1. The Morgan fingerprint density at radius 2 is 1.58 bits per heavy atom. The summed E-state index contributed by atoms with van der Waals surface area (Å²) < 4.78 is 26.5. The van der Waals surface area contributed by atoms with Gasteiger partial charge in [0.15, 0.2) is 0 Å². The summed E-state index contributed by atoms with van der Waals surface area (Å²) in [7, 11) is -3.75. The summed E-state index contributed by atoms with van der Waals surface area (Å²) in [4.78, 5) is 28.1. The van der Waals surface area contributed by atoms with Crippen molar-refractivity contribution in [2.24, 2.45) is 0 Å². The highest BCUT2D eigenvalue weighted by Gasteiger charge is 2.31. The van der Waals surface area contributed by atoms with Gasteiger partial charge in [-0.25, -0.2) is 8.42 Å². The highest BCUT2D eigenvalue weighted by Crippen LogP contribution is 2.23. The maximum atomic E-state index is 13.6. The third-order valence-electron chi connectivity index (χ3n) is 6.66. The van der Waals surface area contributed by atoms with Crippen LogP contribution in [0, 0.1) is 0 Å². The Hall–Kier alpha value is -2.58. The van der Waals surface area contributed by atoms with E-state index in [1.54, 1.807) is 43.3 Å². The zero-order chi connectivity index (χ0) is 26.5. The average Bonchev–Trinajstić information content (AvgIpc) is 3.34. The van der Waals surface area contributed by atoms with Gasteiger partial charge in [0, 0.05) is 17.6 Å². The second-order valence-corrected chi connectivity index (χ2v) is 12.2. The predicted molar refractivity (Wildman–Crippen MR) is 145 cm³/mol. The molecule has 1 fully saturated rings. The first-order valence-electron chi connectivity index (χ1n) is 12.4. The largest absolute Gasteiger partial charge is 0.352 e. The van der Waals surface area contributed by atoms with Gasteiger partial charge in [-0.1, -0.05) is 62.6 Å². The molecule has 2 aromatic rings. The number of sulfonamides is 1. The molecule has 0 heterocycles. The lowest BCUT2D eigenvalue weighted by Crippen LogP contribution is -2.52. The Bertz CT molecular complexity index is 1140. The summed E-state index contributed by atoms with van der Waals surface area (Å²) in [6.45, 7) is 5.53. The van der Waals surface area contributed by atoms with Crippen molar-refractivity contribution < 1.29 is 18.0 Å². The normalized spacial score (nSPS) is 15.1. The molecule has 36 heavy (non-hydrogen) atoms. The Balaban J connectivity index is 1.86. The van der Waals surface area contributed by atoms with Gasteiger partial charge in [-0.3, -0.25) is 13.9 Å². The predicted octanol–water partition coefficient (Wildman–Crippen LogP) is 4.71. The minimum absolute atomic E-state index is 0.111. The van der Waals surface area contributed by atoms with Gasteiger partial charge in [-0.2, -0.15) is 0 Å². The fraction of sp³-hybridized carbons (Fsp3) is 0.481. The molecular formula is C27H36ClN3O4S. The van der Waals surface area contributed by atoms with Gasteiger partial charge in [0.05, 0.1) is 11.9 Å². The van der Waals surface area contributed by atoms with E-state index < -0.39 is 28.5 Å². The van der Waals surface area contributed by atoms with Crippen molar-refractivity contribution >= 4 is 39.1 Å². The van der Waals surface area contributed by atoms with Gasteiger partial charge in [0.2, 0.25) is 21.8 Å². The molecule has 1 atom stereocenters.